The normalized spacial score (nSPS) is 14.7. The van der Waals surface area contributed by atoms with Crippen LogP contribution in [0.5, 0.6) is 0 Å². The number of hydrogen-bond acceptors (Lipinski definition) is 0. The molecule has 0 aromatic heterocycles. The second-order valence-corrected chi connectivity index (χ2v) is 7.77. The van der Waals surface area contributed by atoms with Gasteiger partial charge in [-0.3, -0.25) is 0 Å². The van der Waals surface area contributed by atoms with E-state index >= 15 is 0 Å². The minimum absolute atomic E-state index is 0.199. The molecule has 0 aliphatic heterocycles. The topological polar surface area (TPSA) is 0 Å². The summed E-state index contributed by atoms with van der Waals surface area (Å²) in [7, 11) is 2.56. The molecule has 40 valence electrons. The summed E-state index contributed by atoms with van der Waals surface area (Å²) in [5.74, 6) is 0. The molecule has 0 nitrogen and oxygen atoms in total. The van der Waals surface area contributed by atoms with Gasteiger partial charge in [-0.1, -0.05) is 0 Å². The molecule has 0 saturated carbocycles. The number of rotatable bonds is 1. The fourth-order valence-electron chi connectivity index (χ4n) is 0. The fraction of sp³-hybridized carbons (Fsp3) is 1.00. The Morgan fingerprint density at radius 1 is 1.33 bits per heavy atom. The predicted molar refractivity (Wildman–Crippen MR) is 39.9 cm³/mol. The summed E-state index contributed by atoms with van der Waals surface area (Å²) in [6, 6.07) is 0. The van der Waals surface area contributed by atoms with E-state index in [1.165, 1.54) is 5.49 Å². The average molecular weight is 124 g/mol. The van der Waals surface area contributed by atoms with Gasteiger partial charge in [-0.15, -0.1) is 9.24 Å². The van der Waals surface area contributed by atoms with Crippen molar-refractivity contribution in [2.24, 2.45) is 0 Å². The molecule has 0 radical (unpaired) electrons. The molecule has 0 fully saturated rings. The summed E-state index contributed by atoms with van der Waals surface area (Å²) in [6.07, 6.45) is 6.92. The van der Waals surface area contributed by atoms with Crippen molar-refractivity contribution in [2.75, 3.05) is 24.3 Å². The number of hydrogen-bond donors (Lipinski definition) is 0. The van der Waals surface area contributed by atoms with Crippen LogP contribution in [0.3, 0.4) is 0 Å². The molecule has 0 rings (SSSR count). The van der Waals surface area contributed by atoms with Gasteiger partial charge < -0.3 is 0 Å². The van der Waals surface area contributed by atoms with Crippen LogP contribution in [0, 0.1) is 0 Å². The van der Waals surface area contributed by atoms with E-state index in [0.717, 1.165) is 0 Å². The molecule has 0 N–H and O–H groups in total. The van der Waals surface area contributed by atoms with E-state index in [1.54, 1.807) is 0 Å². The zero-order valence-electron chi connectivity index (χ0n) is 4.69. The first-order valence-corrected chi connectivity index (χ1v) is 5.77. The molecule has 1 atom stereocenters. The molecule has 1 unspecified atom stereocenters. The van der Waals surface area contributed by atoms with Gasteiger partial charge in [0.2, 0.25) is 0 Å². The van der Waals surface area contributed by atoms with Crippen molar-refractivity contribution in [1.29, 1.82) is 0 Å². The highest BCUT2D eigenvalue weighted by molar-refractivity contribution is 8.33. The molecule has 0 saturated heterocycles. The van der Waals surface area contributed by atoms with E-state index in [1.807, 2.05) is 0 Å². The Bertz CT molecular complexity index is 37.3. The van der Waals surface area contributed by atoms with E-state index in [0.29, 0.717) is 0 Å². The first kappa shape index (κ1) is 6.78. The third-order valence-electron chi connectivity index (χ3n) is 0.500. The second-order valence-electron chi connectivity index (χ2n) is 2.26. The molecular formula is C4H13PS. The van der Waals surface area contributed by atoms with Crippen LogP contribution in [0.4, 0.5) is 0 Å². The molecule has 0 bridgehead atoms. The van der Waals surface area contributed by atoms with Gasteiger partial charge in [-0.2, -0.15) is 0 Å². The molecule has 0 heterocycles. The summed E-state index contributed by atoms with van der Waals surface area (Å²) < 4.78 is 0. The maximum atomic E-state index is 2.76. The van der Waals surface area contributed by atoms with Crippen LogP contribution in [0.15, 0.2) is 0 Å². The highest BCUT2D eigenvalue weighted by Gasteiger charge is 1.95. The molecular weight excluding hydrogens is 111 g/mol. The monoisotopic (exact) mass is 124 g/mol. The van der Waals surface area contributed by atoms with Gasteiger partial charge in [-0.05, 0) is 24.3 Å². The predicted octanol–water partition coefficient (Wildman–Crippen LogP) is 1.51. The zero-order chi connectivity index (χ0) is 5.21. The third-order valence-corrected chi connectivity index (χ3v) is 4.50. The van der Waals surface area contributed by atoms with Crippen LogP contribution >= 0.6 is 19.3 Å². The Balaban J connectivity index is 3.17. The van der Waals surface area contributed by atoms with E-state index in [4.69, 9.17) is 0 Å². The average Bonchev–Trinajstić information content (AvgIpc) is 1.35. The molecule has 0 aliphatic carbocycles. The van der Waals surface area contributed by atoms with Gasteiger partial charge in [0.1, 0.15) is 0 Å². The van der Waals surface area contributed by atoms with Gasteiger partial charge in [0, 0.05) is 0 Å². The molecule has 0 aliphatic rings. The lowest BCUT2D eigenvalue weighted by Gasteiger charge is -2.21. The minimum Gasteiger partial charge on any atom is -0.246 e. The van der Waals surface area contributed by atoms with Crippen molar-refractivity contribution in [1.82, 2.24) is 0 Å². The summed E-state index contributed by atoms with van der Waals surface area (Å²) >= 11 is 0. The van der Waals surface area contributed by atoms with Crippen LogP contribution in [0.2, 0.25) is 0 Å². The van der Waals surface area contributed by atoms with Crippen molar-refractivity contribution in [2.45, 2.75) is 0 Å². The first-order chi connectivity index (χ1) is 2.56. The van der Waals surface area contributed by atoms with Crippen molar-refractivity contribution >= 4 is 19.3 Å². The Labute approximate surface area is 44.2 Å². The van der Waals surface area contributed by atoms with Crippen molar-refractivity contribution < 1.29 is 0 Å². The fourth-order valence-corrected chi connectivity index (χ4v) is 0. The van der Waals surface area contributed by atoms with Gasteiger partial charge in [0.15, 0.2) is 0 Å². The zero-order valence-corrected chi connectivity index (χ0v) is 6.66. The van der Waals surface area contributed by atoms with Crippen molar-refractivity contribution in [3.63, 3.8) is 0 Å². The van der Waals surface area contributed by atoms with Crippen molar-refractivity contribution in [3.05, 3.63) is 0 Å². The lowest BCUT2D eigenvalue weighted by molar-refractivity contribution is 1.98. The minimum atomic E-state index is -0.199. The van der Waals surface area contributed by atoms with Crippen LogP contribution < -0.4 is 0 Å². The standard InChI is InChI=1S/C4H13PS/c1-6(2,3)4-5/h4-5H2,1-3H3. The summed E-state index contributed by atoms with van der Waals surface area (Å²) in [4.78, 5) is 0. The van der Waals surface area contributed by atoms with Crippen LogP contribution in [-0.2, 0) is 0 Å². The van der Waals surface area contributed by atoms with Crippen LogP contribution in [-0.4, -0.2) is 24.3 Å². The molecule has 0 aromatic rings. The maximum absolute atomic E-state index is 2.76. The highest BCUT2D eigenvalue weighted by Crippen LogP contribution is 2.35. The molecule has 0 amide bonds. The van der Waals surface area contributed by atoms with E-state index < -0.39 is 0 Å². The first-order valence-electron chi connectivity index (χ1n) is 1.92. The summed E-state index contributed by atoms with van der Waals surface area (Å²) in [5.41, 5.74) is 1.27. The van der Waals surface area contributed by atoms with Crippen LogP contribution in [0.1, 0.15) is 0 Å². The Kier molecular flexibility index (Phi) is 2.47. The second kappa shape index (κ2) is 2.18. The Morgan fingerprint density at radius 2 is 1.50 bits per heavy atom. The van der Waals surface area contributed by atoms with Gasteiger partial charge >= 0.3 is 0 Å². The van der Waals surface area contributed by atoms with Gasteiger partial charge in [0.05, 0.1) is 0 Å². The molecule has 6 heavy (non-hydrogen) atoms. The lowest BCUT2D eigenvalue weighted by Crippen LogP contribution is -1.89. The molecule has 0 aromatic carbocycles. The van der Waals surface area contributed by atoms with Gasteiger partial charge in [0.25, 0.3) is 0 Å². The highest BCUT2D eigenvalue weighted by atomic mass is 32.3. The smallest absolute Gasteiger partial charge is 0.00869 e. The summed E-state index contributed by atoms with van der Waals surface area (Å²) in [6.45, 7) is 0. The lowest BCUT2D eigenvalue weighted by atomic mass is 11.8. The van der Waals surface area contributed by atoms with E-state index in [9.17, 15) is 0 Å². The van der Waals surface area contributed by atoms with E-state index in [2.05, 4.69) is 28.0 Å². The third kappa shape index (κ3) is 4.78. The van der Waals surface area contributed by atoms with Crippen molar-refractivity contribution in [3.8, 4) is 0 Å². The molecule has 2 heteroatoms. The van der Waals surface area contributed by atoms with E-state index in [-0.39, 0.29) is 10.0 Å². The Morgan fingerprint density at radius 3 is 1.50 bits per heavy atom. The Hall–Kier alpha value is 0.780. The largest absolute Gasteiger partial charge is 0.246 e. The SMILES string of the molecule is CS(C)(C)CP. The molecule has 0 spiro atoms. The van der Waals surface area contributed by atoms with Crippen LogP contribution in [0.25, 0.3) is 0 Å². The maximum Gasteiger partial charge on any atom is -0.00869 e. The summed E-state index contributed by atoms with van der Waals surface area (Å²) in [5, 5.41) is 0. The quantitative estimate of drug-likeness (QED) is 0.465. The van der Waals surface area contributed by atoms with Gasteiger partial charge in [-0.25, -0.2) is 10.0 Å².